The molecule has 1 heterocycles. The summed E-state index contributed by atoms with van der Waals surface area (Å²) in [4.78, 5) is 30.1. The molecule has 2 amide bonds. The standard InChI is InChI=1S/C21H20FN3O2/c1-21(2,3)25(24-19(26)15-10-4-5-12-17(15)22)20(27)16-11-6-8-14-9-7-13-23-18(14)16/h4-13H,1-3H3,(H,24,26). The van der Waals surface area contributed by atoms with Crippen molar-refractivity contribution in [2.45, 2.75) is 26.3 Å². The predicted octanol–water partition coefficient (Wildman–Crippen LogP) is 3.96. The minimum absolute atomic E-state index is 0.129. The van der Waals surface area contributed by atoms with Crippen molar-refractivity contribution < 1.29 is 14.0 Å². The van der Waals surface area contributed by atoms with Crippen LogP contribution in [0, 0.1) is 5.82 Å². The summed E-state index contributed by atoms with van der Waals surface area (Å²) in [5, 5.41) is 2.03. The number of amides is 2. The summed E-state index contributed by atoms with van der Waals surface area (Å²) >= 11 is 0. The van der Waals surface area contributed by atoms with Crippen LogP contribution in [-0.2, 0) is 0 Å². The molecule has 5 nitrogen and oxygen atoms in total. The van der Waals surface area contributed by atoms with Crippen molar-refractivity contribution in [3.63, 3.8) is 0 Å². The van der Waals surface area contributed by atoms with Gasteiger partial charge in [0.25, 0.3) is 11.8 Å². The Morgan fingerprint density at radius 2 is 1.63 bits per heavy atom. The van der Waals surface area contributed by atoms with Gasteiger partial charge in [-0.15, -0.1) is 0 Å². The lowest BCUT2D eigenvalue weighted by Crippen LogP contribution is -2.56. The molecule has 138 valence electrons. The van der Waals surface area contributed by atoms with Crippen LogP contribution in [0.1, 0.15) is 41.5 Å². The van der Waals surface area contributed by atoms with E-state index < -0.39 is 23.2 Å². The monoisotopic (exact) mass is 365 g/mol. The topological polar surface area (TPSA) is 62.3 Å². The predicted molar refractivity (Wildman–Crippen MR) is 102 cm³/mol. The highest BCUT2D eigenvalue weighted by Crippen LogP contribution is 2.21. The molecule has 0 saturated carbocycles. The highest BCUT2D eigenvalue weighted by molar-refractivity contribution is 6.06. The number of nitrogens with one attached hydrogen (secondary N) is 1. The van der Waals surface area contributed by atoms with E-state index in [0.717, 1.165) is 5.39 Å². The van der Waals surface area contributed by atoms with Crippen LogP contribution in [0.15, 0.2) is 60.8 Å². The molecular formula is C21H20FN3O2. The Balaban J connectivity index is 1.99. The summed E-state index contributed by atoms with van der Waals surface area (Å²) < 4.78 is 13.9. The van der Waals surface area contributed by atoms with Gasteiger partial charge in [-0.25, -0.2) is 9.40 Å². The lowest BCUT2D eigenvalue weighted by atomic mass is 10.0. The number of rotatable bonds is 2. The third-order valence-corrected chi connectivity index (χ3v) is 4.07. The number of nitrogens with zero attached hydrogens (tertiary/aromatic N) is 2. The fraction of sp³-hybridized carbons (Fsp3) is 0.190. The number of fused-ring (bicyclic) bond motifs is 1. The zero-order chi connectivity index (χ0) is 19.6. The summed E-state index contributed by atoms with van der Waals surface area (Å²) in [6.45, 7) is 5.35. The van der Waals surface area contributed by atoms with Crippen LogP contribution in [0.5, 0.6) is 0 Å². The average Bonchev–Trinajstić information content (AvgIpc) is 2.64. The number of hydrogen-bond donors (Lipinski definition) is 1. The smallest absolute Gasteiger partial charge is 0.267 e. The molecule has 0 atom stereocenters. The summed E-state index contributed by atoms with van der Waals surface area (Å²) in [5.74, 6) is -1.76. The van der Waals surface area contributed by atoms with E-state index in [1.165, 1.54) is 23.2 Å². The van der Waals surface area contributed by atoms with E-state index in [1.54, 1.807) is 51.2 Å². The van der Waals surface area contributed by atoms with Crippen molar-refractivity contribution in [1.82, 2.24) is 15.4 Å². The zero-order valence-corrected chi connectivity index (χ0v) is 15.4. The SMILES string of the molecule is CC(C)(C)N(NC(=O)c1ccccc1F)C(=O)c1cccc2cccnc12. The molecule has 0 spiro atoms. The number of hydrogen-bond acceptors (Lipinski definition) is 3. The molecule has 2 aromatic carbocycles. The molecule has 0 aliphatic rings. The van der Waals surface area contributed by atoms with Gasteiger partial charge in [-0.05, 0) is 45.0 Å². The van der Waals surface area contributed by atoms with Crippen molar-refractivity contribution in [1.29, 1.82) is 0 Å². The molecule has 0 saturated heterocycles. The average molecular weight is 365 g/mol. The van der Waals surface area contributed by atoms with Crippen molar-refractivity contribution in [3.8, 4) is 0 Å². The van der Waals surface area contributed by atoms with E-state index in [9.17, 15) is 14.0 Å². The van der Waals surface area contributed by atoms with Crippen LogP contribution in [0.2, 0.25) is 0 Å². The maximum absolute atomic E-state index is 13.9. The molecule has 0 bridgehead atoms. The van der Waals surface area contributed by atoms with Crippen LogP contribution < -0.4 is 5.43 Å². The molecule has 0 fully saturated rings. The van der Waals surface area contributed by atoms with Gasteiger partial charge >= 0.3 is 0 Å². The van der Waals surface area contributed by atoms with Crippen LogP contribution in [0.3, 0.4) is 0 Å². The molecular weight excluding hydrogens is 345 g/mol. The molecule has 3 aromatic rings. The molecule has 27 heavy (non-hydrogen) atoms. The van der Waals surface area contributed by atoms with Crippen LogP contribution >= 0.6 is 0 Å². The molecule has 0 unspecified atom stereocenters. The zero-order valence-electron chi connectivity index (χ0n) is 15.4. The second-order valence-corrected chi connectivity index (χ2v) is 7.11. The summed E-state index contributed by atoms with van der Waals surface area (Å²) in [5.41, 5.74) is 2.58. The highest BCUT2D eigenvalue weighted by Gasteiger charge is 2.31. The molecule has 0 aliphatic heterocycles. The van der Waals surface area contributed by atoms with Gasteiger partial charge in [0.2, 0.25) is 0 Å². The Kier molecular flexibility index (Phi) is 4.90. The number of aromatic nitrogens is 1. The van der Waals surface area contributed by atoms with Crippen molar-refractivity contribution in [2.24, 2.45) is 0 Å². The first-order chi connectivity index (χ1) is 12.8. The molecule has 3 rings (SSSR count). The quantitative estimate of drug-likeness (QED) is 0.699. The number of hydrazine groups is 1. The number of benzene rings is 2. The van der Waals surface area contributed by atoms with Crippen molar-refractivity contribution in [3.05, 3.63) is 77.7 Å². The van der Waals surface area contributed by atoms with E-state index in [2.05, 4.69) is 10.4 Å². The first-order valence-electron chi connectivity index (χ1n) is 8.53. The Bertz CT molecular complexity index is 1010. The maximum Gasteiger partial charge on any atom is 0.274 e. The molecule has 1 aromatic heterocycles. The third-order valence-electron chi connectivity index (χ3n) is 4.07. The van der Waals surface area contributed by atoms with E-state index in [0.29, 0.717) is 11.1 Å². The van der Waals surface area contributed by atoms with Crippen molar-refractivity contribution in [2.75, 3.05) is 0 Å². The Morgan fingerprint density at radius 1 is 0.963 bits per heavy atom. The Hall–Kier alpha value is -3.28. The summed E-state index contributed by atoms with van der Waals surface area (Å²) in [6.07, 6.45) is 1.61. The van der Waals surface area contributed by atoms with Gasteiger partial charge in [0, 0.05) is 11.6 Å². The molecule has 0 radical (unpaired) electrons. The minimum atomic E-state index is -0.741. The second-order valence-electron chi connectivity index (χ2n) is 7.11. The van der Waals surface area contributed by atoms with Crippen LogP contribution in [-0.4, -0.2) is 27.3 Å². The van der Waals surface area contributed by atoms with E-state index >= 15 is 0 Å². The number of carbonyl (C=O) groups is 2. The molecule has 1 N–H and O–H groups in total. The third kappa shape index (κ3) is 3.79. The summed E-state index contributed by atoms with van der Waals surface area (Å²) in [7, 11) is 0. The van der Waals surface area contributed by atoms with Gasteiger partial charge in [0.05, 0.1) is 22.2 Å². The van der Waals surface area contributed by atoms with E-state index in [4.69, 9.17) is 0 Å². The van der Waals surface area contributed by atoms with Gasteiger partial charge in [-0.1, -0.05) is 30.3 Å². The highest BCUT2D eigenvalue weighted by atomic mass is 19.1. The van der Waals surface area contributed by atoms with E-state index in [-0.39, 0.29) is 5.56 Å². The van der Waals surface area contributed by atoms with Crippen LogP contribution in [0.4, 0.5) is 4.39 Å². The fourth-order valence-electron chi connectivity index (χ4n) is 2.73. The van der Waals surface area contributed by atoms with E-state index in [1.807, 2.05) is 12.1 Å². The molecule has 0 aliphatic carbocycles. The largest absolute Gasteiger partial charge is 0.274 e. The van der Waals surface area contributed by atoms with Gasteiger partial charge in [0.1, 0.15) is 5.82 Å². The lowest BCUT2D eigenvalue weighted by Gasteiger charge is -2.35. The van der Waals surface area contributed by atoms with Gasteiger partial charge in [-0.2, -0.15) is 0 Å². The first-order valence-corrected chi connectivity index (χ1v) is 8.53. The number of pyridine rings is 1. The molecule has 6 heteroatoms. The van der Waals surface area contributed by atoms with Crippen molar-refractivity contribution >= 4 is 22.7 Å². The summed E-state index contributed by atoms with van der Waals surface area (Å²) in [6, 6.07) is 14.6. The second kappa shape index (κ2) is 7.15. The number of carbonyl (C=O) groups excluding carboxylic acids is 2. The van der Waals surface area contributed by atoms with Crippen LogP contribution in [0.25, 0.3) is 10.9 Å². The van der Waals surface area contributed by atoms with Gasteiger partial charge in [-0.3, -0.25) is 20.0 Å². The van der Waals surface area contributed by atoms with Gasteiger partial charge < -0.3 is 0 Å². The number of halogens is 1. The fourth-order valence-corrected chi connectivity index (χ4v) is 2.73. The Labute approximate surface area is 156 Å². The minimum Gasteiger partial charge on any atom is -0.267 e. The maximum atomic E-state index is 13.9. The van der Waals surface area contributed by atoms with Gasteiger partial charge in [0.15, 0.2) is 0 Å². The number of para-hydroxylation sites is 1. The lowest BCUT2D eigenvalue weighted by molar-refractivity contribution is 0.0358. The normalized spacial score (nSPS) is 11.3. The first kappa shape index (κ1) is 18.5. The Morgan fingerprint density at radius 3 is 2.33 bits per heavy atom.